The topological polar surface area (TPSA) is 125 Å². The van der Waals surface area contributed by atoms with Crippen LogP contribution in [-0.2, 0) is 28.2 Å². The molecule has 0 aliphatic heterocycles. The Morgan fingerprint density at radius 1 is 0.600 bits per heavy atom. The zero-order valence-electron chi connectivity index (χ0n) is 32.4. The van der Waals surface area contributed by atoms with Crippen molar-refractivity contribution in [2.75, 3.05) is 25.9 Å². The molecule has 8 nitrogen and oxygen atoms in total. The van der Waals surface area contributed by atoms with Crippen molar-refractivity contribution in [2.45, 2.75) is 200 Å². The van der Waals surface area contributed by atoms with Gasteiger partial charge in [0.2, 0.25) is 0 Å². The van der Waals surface area contributed by atoms with E-state index in [0.29, 0.717) is 6.42 Å². The van der Waals surface area contributed by atoms with Gasteiger partial charge < -0.3 is 24.6 Å². The van der Waals surface area contributed by atoms with E-state index in [4.69, 9.17) is 19.7 Å². The number of hydrogen-bond donors (Lipinski definition) is 2. The zero-order valence-corrected chi connectivity index (χ0v) is 33.3. The molecular formula is C41H78NO7P. The van der Waals surface area contributed by atoms with Crippen LogP contribution in [0.15, 0.2) is 24.3 Å². The molecule has 0 aromatic rings. The van der Waals surface area contributed by atoms with E-state index in [9.17, 15) is 19.0 Å². The maximum absolute atomic E-state index is 12.6. The van der Waals surface area contributed by atoms with Gasteiger partial charge in [-0.25, -0.2) is 0 Å². The van der Waals surface area contributed by atoms with E-state index in [1.165, 1.54) is 89.9 Å². The smallest absolute Gasteiger partial charge is 0.332 e. The molecule has 294 valence electrons. The van der Waals surface area contributed by atoms with Crippen molar-refractivity contribution in [1.82, 2.24) is 0 Å². The Morgan fingerprint density at radius 3 is 1.40 bits per heavy atom. The van der Waals surface area contributed by atoms with Gasteiger partial charge in [0.05, 0.1) is 12.8 Å². The predicted molar refractivity (Wildman–Crippen MR) is 209 cm³/mol. The number of nitrogens with two attached hydrogens (primary N) is 1. The van der Waals surface area contributed by atoms with Crippen molar-refractivity contribution in [1.29, 1.82) is 0 Å². The highest BCUT2D eigenvalue weighted by Crippen LogP contribution is 2.42. The third-order valence-corrected chi connectivity index (χ3v) is 10.3. The van der Waals surface area contributed by atoms with Crippen LogP contribution in [0.25, 0.3) is 0 Å². The van der Waals surface area contributed by atoms with Crippen LogP contribution < -0.4 is 5.73 Å². The number of esters is 2. The van der Waals surface area contributed by atoms with Crippen molar-refractivity contribution >= 4 is 19.5 Å². The lowest BCUT2D eigenvalue weighted by atomic mass is 10.1. The molecule has 0 saturated heterocycles. The summed E-state index contributed by atoms with van der Waals surface area (Å²) in [5.74, 6) is -0.851. The molecule has 0 fully saturated rings. The highest BCUT2D eigenvalue weighted by Gasteiger charge is 2.29. The van der Waals surface area contributed by atoms with Crippen LogP contribution in [0.5, 0.6) is 0 Å². The number of ether oxygens (including phenoxy) is 2. The van der Waals surface area contributed by atoms with E-state index < -0.39 is 31.8 Å². The van der Waals surface area contributed by atoms with Gasteiger partial charge >= 0.3 is 19.5 Å². The molecule has 0 bridgehead atoms. The van der Waals surface area contributed by atoms with E-state index in [-0.39, 0.29) is 32.6 Å². The Morgan fingerprint density at radius 2 is 0.980 bits per heavy atom. The average molecular weight is 728 g/mol. The van der Waals surface area contributed by atoms with Gasteiger partial charge in [0.25, 0.3) is 0 Å². The molecule has 0 saturated carbocycles. The van der Waals surface area contributed by atoms with Crippen molar-refractivity contribution in [3.63, 3.8) is 0 Å². The Bertz CT molecular complexity index is 879. The Balaban J connectivity index is 4.16. The molecule has 0 rings (SSSR count). The first-order valence-corrected chi connectivity index (χ1v) is 22.4. The highest BCUT2D eigenvalue weighted by molar-refractivity contribution is 7.52. The van der Waals surface area contributed by atoms with Gasteiger partial charge in [-0.15, -0.1) is 0 Å². The molecule has 0 aliphatic rings. The molecule has 0 amide bonds. The largest absolute Gasteiger partial charge is 0.462 e. The van der Waals surface area contributed by atoms with E-state index in [1.807, 2.05) is 0 Å². The van der Waals surface area contributed by atoms with Crippen LogP contribution in [0.1, 0.15) is 194 Å². The highest BCUT2D eigenvalue weighted by atomic mass is 31.2. The van der Waals surface area contributed by atoms with Crippen molar-refractivity contribution < 1.29 is 33.0 Å². The molecule has 0 radical (unpaired) electrons. The first-order valence-electron chi connectivity index (χ1n) is 20.7. The van der Waals surface area contributed by atoms with Gasteiger partial charge in [-0.05, 0) is 64.2 Å². The van der Waals surface area contributed by atoms with Gasteiger partial charge in [0.15, 0.2) is 0 Å². The van der Waals surface area contributed by atoms with E-state index in [2.05, 4.69) is 38.2 Å². The molecule has 0 aliphatic carbocycles. The minimum Gasteiger partial charge on any atom is -0.462 e. The Hall–Kier alpha value is -1.47. The van der Waals surface area contributed by atoms with Gasteiger partial charge in [0.1, 0.15) is 12.7 Å². The first-order chi connectivity index (χ1) is 24.3. The van der Waals surface area contributed by atoms with Gasteiger partial charge in [0, 0.05) is 19.4 Å². The molecule has 9 heteroatoms. The Kier molecular flexibility index (Phi) is 36.2. The van der Waals surface area contributed by atoms with Crippen LogP contribution >= 0.6 is 7.60 Å². The maximum atomic E-state index is 12.6. The zero-order chi connectivity index (χ0) is 36.8. The molecule has 50 heavy (non-hydrogen) atoms. The summed E-state index contributed by atoms with van der Waals surface area (Å²) < 4.78 is 28.3. The SMILES string of the molecule is CCCCCCCCC=CCCCCCCCC(=O)OCC(CP(=O)(O)OCCN)OC(=O)CCCCCCCC=CCCCCCCCC. The van der Waals surface area contributed by atoms with Crippen LogP contribution in [0.3, 0.4) is 0 Å². The normalized spacial score (nSPS) is 13.6. The van der Waals surface area contributed by atoms with E-state index in [1.54, 1.807) is 0 Å². The lowest BCUT2D eigenvalue weighted by Gasteiger charge is -2.21. The average Bonchev–Trinajstić information content (AvgIpc) is 3.09. The fourth-order valence-electron chi connectivity index (χ4n) is 5.81. The Labute approximate surface area is 307 Å². The summed E-state index contributed by atoms with van der Waals surface area (Å²) in [6.45, 7) is 4.24. The minimum absolute atomic E-state index is 0.0847. The summed E-state index contributed by atoms with van der Waals surface area (Å²) in [5, 5.41) is 0. The second-order valence-corrected chi connectivity index (χ2v) is 15.8. The maximum Gasteiger partial charge on any atom is 0.332 e. The number of rotatable bonds is 38. The molecule has 0 spiro atoms. The fraction of sp³-hybridized carbons (Fsp3) is 0.854. The summed E-state index contributed by atoms with van der Waals surface area (Å²) in [6.07, 6.45) is 38.8. The summed E-state index contributed by atoms with van der Waals surface area (Å²) >= 11 is 0. The van der Waals surface area contributed by atoms with Crippen molar-refractivity contribution in [2.24, 2.45) is 5.73 Å². The number of unbranched alkanes of at least 4 members (excludes halogenated alkanes) is 22. The number of carbonyl (C=O) groups excluding carboxylic acids is 2. The van der Waals surface area contributed by atoms with Gasteiger partial charge in [-0.3, -0.25) is 14.2 Å². The van der Waals surface area contributed by atoms with Crippen molar-refractivity contribution in [3.8, 4) is 0 Å². The summed E-state index contributed by atoms with van der Waals surface area (Å²) in [5.41, 5.74) is 5.41. The van der Waals surface area contributed by atoms with Crippen LogP contribution in [0.2, 0.25) is 0 Å². The molecule has 0 aromatic carbocycles. The third kappa shape index (κ3) is 36.3. The van der Waals surface area contributed by atoms with Gasteiger partial charge in [-0.1, -0.05) is 141 Å². The summed E-state index contributed by atoms with van der Waals surface area (Å²) in [7, 11) is -4.06. The lowest BCUT2D eigenvalue weighted by molar-refractivity contribution is -0.158. The lowest BCUT2D eigenvalue weighted by Crippen LogP contribution is -2.29. The number of allylic oxidation sites excluding steroid dienone is 4. The second-order valence-electron chi connectivity index (χ2n) is 13.9. The summed E-state index contributed by atoms with van der Waals surface area (Å²) in [4.78, 5) is 35.1. The molecule has 2 atom stereocenters. The van der Waals surface area contributed by atoms with E-state index in [0.717, 1.165) is 70.6 Å². The van der Waals surface area contributed by atoms with E-state index >= 15 is 0 Å². The van der Waals surface area contributed by atoms with Crippen LogP contribution in [0.4, 0.5) is 0 Å². The van der Waals surface area contributed by atoms with Crippen LogP contribution in [0, 0.1) is 0 Å². The minimum atomic E-state index is -4.06. The molecule has 0 aromatic heterocycles. The monoisotopic (exact) mass is 728 g/mol. The number of hydrogen-bond acceptors (Lipinski definition) is 7. The second kappa shape index (κ2) is 37.3. The van der Waals surface area contributed by atoms with Crippen molar-refractivity contribution in [3.05, 3.63) is 24.3 Å². The quantitative estimate of drug-likeness (QED) is 0.0279. The molecule has 2 unspecified atom stereocenters. The third-order valence-electron chi connectivity index (χ3n) is 8.86. The van der Waals surface area contributed by atoms with Gasteiger partial charge in [-0.2, -0.15) is 0 Å². The molecule has 3 N–H and O–H groups in total. The standard InChI is InChI=1S/C41H78NO7P/c1-3-5-7-9-11-13-15-17-19-21-23-25-27-29-31-33-40(43)47-37-39(38-50(45,46)48-36-35-42)49-41(44)34-32-30-28-26-24-22-20-18-16-14-12-10-8-6-4-2/h17-20,39H,3-16,21-38,42H2,1-2H3,(H,45,46). The fourth-order valence-corrected chi connectivity index (χ4v) is 7.00. The number of carbonyl (C=O) groups is 2. The summed E-state index contributed by atoms with van der Waals surface area (Å²) in [6, 6.07) is 0. The molecule has 0 heterocycles. The predicted octanol–water partition coefficient (Wildman–Crippen LogP) is 11.7. The molecular weight excluding hydrogens is 649 g/mol. The first kappa shape index (κ1) is 48.5. The van der Waals surface area contributed by atoms with Crippen LogP contribution in [-0.4, -0.2) is 48.9 Å².